The van der Waals surface area contributed by atoms with Crippen LogP contribution in [-0.2, 0) is 0 Å². The van der Waals surface area contributed by atoms with Crippen molar-refractivity contribution in [1.82, 2.24) is 4.90 Å². The Morgan fingerprint density at radius 3 is 2.75 bits per heavy atom. The number of amides is 1. The molecule has 1 aromatic carbocycles. The predicted octanol–water partition coefficient (Wildman–Crippen LogP) is 2.23. The smallest absolute Gasteiger partial charge is 0.257 e. The molecule has 16 heavy (non-hydrogen) atoms. The highest BCUT2D eigenvalue weighted by Gasteiger charge is 2.21. The Morgan fingerprint density at radius 1 is 1.38 bits per heavy atom. The Hall–Kier alpha value is -0.870. The lowest BCUT2D eigenvalue weighted by Gasteiger charge is -2.26. The van der Waals surface area contributed by atoms with Crippen LogP contribution in [0.1, 0.15) is 10.4 Å². The molecule has 86 valence electrons. The van der Waals surface area contributed by atoms with Gasteiger partial charge in [0.25, 0.3) is 5.91 Å². The van der Waals surface area contributed by atoms with Crippen LogP contribution >= 0.6 is 23.4 Å². The normalized spacial score (nSPS) is 16.2. The number of carbonyl (C=O) groups excluding carboxylic acids is 1. The Kier molecular flexibility index (Phi) is 3.61. The maximum Gasteiger partial charge on any atom is 0.257 e. The summed E-state index contributed by atoms with van der Waals surface area (Å²) in [4.78, 5) is 13.8. The predicted molar refractivity (Wildman–Crippen MR) is 66.3 cm³/mol. The van der Waals surface area contributed by atoms with Gasteiger partial charge in [-0.1, -0.05) is 11.6 Å². The second kappa shape index (κ2) is 4.97. The van der Waals surface area contributed by atoms with Gasteiger partial charge < -0.3 is 10.0 Å². The van der Waals surface area contributed by atoms with Crippen molar-refractivity contribution < 1.29 is 9.90 Å². The van der Waals surface area contributed by atoms with E-state index in [9.17, 15) is 9.90 Å². The molecule has 0 saturated carbocycles. The van der Waals surface area contributed by atoms with Crippen molar-refractivity contribution >= 4 is 29.3 Å². The quantitative estimate of drug-likeness (QED) is 0.839. The Labute approximate surface area is 103 Å². The molecule has 1 heterocycles. The zero-order valence-corrected chi connectivity index (χ0v) is 10.2. The van der Waals surface area contributed by atoms with Crippen LogP contribution in [-0.4, -0.2) is 40.5 Å². The van der Waals surface area contributed by atoms with E-state index in [1.165, 1.54) is 12.1 Å². The monoisotopic (exact) mass is 257 g/mol. The summed E-state index contributed by atoms with van der Waals surface area (Å²) in [7, 11) is 0. The fourth-order valence-electron chi connectivity index (χ4n) is 1.62. The van der Waals surface area contributed by atoms with E-state index in [1.54, 1.807) is 11.0 Å². The third kappa shape index (κ3) is 2.44. The van der Waals surface area contributed by atoms with E-state index < -0.39 is 0 Å². The van der Waals surface area contributed by atoms with E-state index in [4.69, 9.17) is 11.6 Å². The summed E-state index contributed by atoms with van der Waals surface area (Å²) in [5.41, 5.74) is 0.291. The Balaban J connectivity index is 2.22. The second-order valence-electron chi connectivity index (χ2n) is 3.57. The third-order valence-corrected chi connectivity index (χ3v) is 3.66. The molecule has 1 aliphatic rings. The van der Waals surface area contributed by atoms with Crippen LogP contribution in [0, 0.1) is 0 Å². The molecule has 5 heteroatoms. The molecule has 0 unspecified atom stereocenters. The molecule has 0 bridgehead atoms. The molecule has 0 radical (unpaired) electrons. The van der Waals surface area contributed by atoms with Gasteiger partial charge in [0.2, 0.25) is 0 Å². The SMILES string of the molecule is O=C(c1cc(Cl)ccc1O)N1CCSCC1. The molecule has 0 spiro atoms. The van der Waals surface area contributed by atoms with Gasteiger partial charge >= 0.3 is 0 Å². The lowest BCUT2D eigenvalue weighted by molar-refractivity contribution is 0.0769. The highest BCUT2D eigenvalue weighted by Crippen LogP contribution is 2.24. The van der Waals surface area contributed by atoms with Crippen LogP contribution in [0.3, 0.4) is 0 Å². The number of carbonyl (C=O) groups is 1. The topological polar surface area (TPSA) is 40.5 Å². The van der Waals surface area contributed by atoms with Crippen molar-refractivity contribution in [3.8, 4) is 5.75 Å². The lowest BCUT2D eigenvalue weighted by Crippen LogP contribution is -2.37. The summed E-state index contributed by atoms with van der Waals surface area (Å²) in [6.45, 7) is 1.46. The minimum Gasteiger partial charge on any atom is -0.507 e. The summed E-state index contributed by atoms with van der Waals surface area (Å²) < 4.78 is 0. The summed E-state index contributed by atoms with van der Waals surface area (Å²) in [5.74, 6) is 1.76. The molecule has 0 atom stereocenters. The molecule has 1 aliphatic heterocycles. The molecule has 3 nitrogen and oxygen atoms in total. The highest BCUT2D eigenvalue weighted by molar-refractivity contribution is 7.99. The van der Waals surface area contributed by atoms with E-state index in [0.29, 0.717) is 10.6 Å². The minimum atomic E-state index is -0.139. The number of rotatable bonds is 1. The largest absolute Gasteiger partial charge is 0.507 e. The van der Waals surface area contributed by atoms with Gasteiger partial charge in [-0.25, -0.2) is 0 Å². The molecular weight excluding hydrogens is 246 g/mol. The second-order valence-corrected chi connectivity index (χ2v) is 5.23. The molecule has 0 aromatic heterocycles. The zero-order valence-electron chi connectivity index (χ0n) is 8.65. The molecule has 1 saturated heterocycles. The lowest BCUT2D eigenvalue weighted by atomic mass is 10.1. The van der Waals surface area contributed by atoms with Crippen molar-refractivity contribution in [2.45, 2.75) is 0 Å². The fraction of sp³-hybridized carbons (Fsp3) is 0.364. The van der Waals surface area contributed by atoms with E-state index in [-0.39, 0.29) is 11.7 Å². The summed E-state index contributed by atoms with van der Waals surface area (Å²) in [6.07, 6.45) is 0. The molecule has 1 fully saturated rings. The molecule has 2 rings (SSSR count). The first-order valence-corrected chi connectivity index (χ1v) is 6.57. The first-order chi connectivity index (χ1) is 7.68. The molecule has 1 aromatic rings. The number of thioether (sulfide) groups is 1. The van der Waals surface area contributed by atoms with Crippen molar-refractivity contribution in [3.63, 3.8) is 0 Å². The van der Waals surface area contributed by atoms with Gasteiger partial charge in [0.1, 0.15) is 5.75 Å². The summed E-state index contributed by atoms with van der Waals surface area (Å²) >= 11 is 7.65. The van der Waals surface area contributed by atoms with Crippen LogP contribution in [0.5, 0.6) is 5.75 Å². The van der Waals surface area contributed by atoms with Crippen LogP contribution in [0.4, 0.5) is 0 Å². The van der Waals surface area contributed by atoms with Crippen molar-refractivity contribution in [2.75, 3.05) is 24.6 Å². The van der Waals surface area contributed by atoms with Crippen molar-refractivity contribution in [1.29, 1.82) is 0 Å². The van der Waals surface area contributed by atoms with E-state index in [2.05, 4.69) is 0 Å². The highest BCUT2D eigenvalue weighted by atomic mass is 35.5. The number of phenolic OH excluding ortho intramolecular Hbond substituents is 1. The standard InChI is InChI=1S/C11H12ClNO2S/c12-8-1-2-10(14)9(7-8)11(15)13-3-5-16-6-4-13/h1-2,7,14H,3-6H2. The number of phenols is 1. The maximum atomic E-state index is 12.1. The zero-order chi connectivity index (χ0) is 11.5. The average molecular weight is 258 g/mol. The first kappa shape index (κ1) is 11.6. The van der Waals surface area contributed by atoms with E-state index in [0.717, 1.165) is 24.6 Å². The Bertz CT molecular complexity index is 405. The van der Waals surface area contributed by atoms with Gasteiger partial charge in [-0.15, -0.1) is 0 Å². The first-order valence-electron chi connectivity index (χ1n) is 5.04. The van der Waals surface area contributed by atoms with Gasteiger partial charge in [-0.05, 0) is 18.2 Å². The number of hydrogen-bond donors (Lipinski definition) is 1. The molecule has 1 amide bonds. The van der Waals surface area contributed by atoms with E-state index >= 15 is 0 Å². The fourth-order valence-corrected chi connectivity index (χ4v) is 2.69. The maximum absolute atomic E-state index is 12.1. The van der Waals surface area contributed by atoms with Gasteiger partial charge in [0, 0.05) is 29.6 Å². The Morgan fingerprint density at radius 2 is 2.06 bits per heavy atom. The number of hydrogen-bond acceptors (Lipinski definition) is 3. The van der Waals surface area contributed by atoms with Gasteiger partial charge in [0.05, 0.1) is 5.56 Å². The van der Waals surface area contributed by atoms with Crippen LogP contribution in [0.15, 0.2) is 18.2 Å². The molecule has 1 N–H and O–H groups in total. The number of nitrogens with zero attached hydrogens (tertiary/aromatic N) is 1. The number of halogens is 1. The van der Waals surface area contributed by atoms with Crippen LogP contribution in [0.2, 0.25) is 5.02 Å². The van der Waals surface area contributed by atoms with E-state index in [1.807, 2.05) is 11.8 Å². The summed E-state index contributed by atoms with van der Waals surface area (Å²) in [5, 5.41) is 10.1. The van der Waals surface area contributed by atoms with Crippen LogP contribution < -0.4 is 0 Å². The third-order valence-electron chi connectivity index (χ3n) is 2.49. The number of benzene rings is 1. The molecule has 0 aliphatic carbocycles. The molecular formula is C11H12ClNO2S. The van der Waals surface area contributed by atoms with Gasteiger partial charge in [0.15, 0.2) is 0 Å². The summed E-state index contributed by atoms with van der Waals surface area (Å²) in [6, 6.07) is 4.54. The van der Waals surface area contributed by atoms with Crippen LogP contribution in [0.25, 0.3) is 0 Å². The van der Waals surface area contributed by atoms with Gasteiger partial charge in [-0.2, -0.15) is 11.8 Å². The van der Waals surface area contributed by atoms with Gasteiger partial charge in [-0.3, -0.25) is 4.79 Å². The number of aromatic hydroxyl groups is 1. The van der Waals surface area contributed by atoms with Crippen molar-refractivity contribution in [3.05, 3.63) is 28.8 Å². The van der Waals surface area contributed by atoms with Crippen molar-refractivity contribution in [2.24, 2.45) is 0 Å². The average Bonchev–Trinajstić information content (AvgIpc) is 2.32. The minimum absolute atomic E-state index is 0.00683.